The van der Waals surface area contributed by atoms with Crippen molar-refractivity contribution in [3.05, 3.63) is 59.9 Å². The summed E-state index contributed by atoms with van der Waals surface area (Å²) < 4.78 is 12.7. The van der Waals surface area contributed by atoms with Crippen LogP contribution in [0.25, 0.3) is 0 Å². The summed E-state index contributed by atoms with van der Waals surface area (Å²) in [4.78, 5) is 11.8. The first-order valence-corrected chi connectivity index (χ1v) is 6.55. The van der Waals surface area contributed by atoms with Gasteiger partial charge in [-0.05, 0) is 48.4 Å². The number of halogens is 1. The molecule has 0 saturated heterocycles. The number of carbonyl (C=O) groups is 1. The molecule has 0 radical (unpaired) electrons. The van der Waals surface area contributed by atoms with Crippen LogP contribution in [0.15, 0.2) is 48.5 Å². The summed E-state index contributed by atoms with van der Waals surface area (Å²) in [6, 6.07) is 13.6. The van der Waals surface area contributed by atoms with Gasteiger partial charge in [0, 0.05) is 11.4 Å². The Morgan fingerprint density at radius 1 is 1.10 bits per heavy atom. The summed E-state index contributed by atoms with van der Waals surface area (Å²) in [5, 5.41) is 5.76. The summed E-state index contributed by atoms with van der Waals surface area (Å²) in [5.41, 5.74) is 2.72. The molecule has 2 aromatic rings. The minimum atomic E-state index is -0.322. The van der Waals surface area contributed by atoms with Gasteiger partial charge in [-0.2, -0.15) is 0 Å². The van der Waals surface area contributed by atoms with E-state index in [1.54, 1.807) is 0 Å². The maximum atomic E-state index is 12.7. The van der Waals surface area contributed by atoms with E-state index in [9.17, 15) is 9.18 Å². The Labute approximate surface area is 117 Å². The maximum absolute atomic E-state index is 12.7. The summed E-state index contributed by atoms with van der Waals surface area (Å²) >= 11 is 0. The van der Waals surface area contributed by atoms with Crippen molar-refractivity contribution in [2.75, 3.05) is 17.2 Å². The molecule has 0 heterocycles. The minimum absolute atomic E-state index is 0.168. The molecule has 0 aliphatic rings. The number of anilines is 2. The average Bonchev–Trinajstić information content (AvgIpc) is 2.48. The van der Waals surface area contributed by atoms with Crippen molar-refractivity contribution in [1.82, 2.24) is 0 Å². The van der Waals surface area contributed by atoms with Gasteiger partial charge in [0.15, 0.2) is 0 Å². The van der Waals surface area contributed by atoms with Crippen molar-refractivity contribution < 1.29 is 9.18 Å². The third kappa shape index (κ3) is 4.09. The number of rotatable bonds is 5. The Morgan fingerprint density at radius 2 is 1.85 bits per heavy atom. The first kappa shape index (κ1) is 14.1. The Morgan fingerprint density at radius 3 is 2.55 bits per heavy atom. The third-order valence-corrected chi connectivity index (χ3v) is 2.92. The molecular weight excluding hydrogens is 255 g/mol. The van der Waals surface area contributed by atoms with Crippen LogP contribution in [-0.2, 0) is 11.2 Å². The Hall–Kier alpha value is -2.36. The van der Waals surface area contributed by atoms with Gasteiger partial charge < -0.3 is 10.6 Å². The average molecular weight is 272 g/mol. The molecule has 2 N–H and O–H groups in total. The Balaban J connectivity index is 1.87. The normalized spacial score (nSPS) is 10.1. The fourth-order valence-corrected chi connectivity index (χ4v) is 1.82. The lowest BCUT2D eigenvalue weighted by Gasteiger charge is -2.08. The van der Waals surface area contributed by atoms with E-state index in [-0.39, 0.29) is 18.3 Å². The lowest BCUT2D eigenvalue weighted by molar-refractivity contribution is -0.114. The van der Waals surface area contributed by atoms with E-state index < -0.39 is 0 Å². The van der Waals surface area contributed by atoms with E-state index in [0.717, 1.165) is 12.1 Å². The molecule has 104 valence electrons. The van der Waals surface area contributed by atoms with Crippen LogP contribution in [0.4, 0.5) is 15.8 Å². The predicted octanol–water partition coefficient (Wildman–Crippen LogP) is 3.44. The highest BCUT2D eigenvalue weighted by Crippen LogP contribution is 2.11. The number of carbonyl (C=O) groups excluding carboxylic acids is 1. The monoisotopic (exact) mass is 272 g/mol. The molecule has 20 heavy (non-hydrogen) atoms. The topological polar surface area (TPSA) is 41.1 Å². The van der Waals surface area contributed by atoms with Gasteiger partial charge in [-0.3, -0.25) is 4.79 Å². The van der Waals surface area contributed by atoms with Gasteiger partial charge in [0.25, 0.3) is 0 Å². The molecule has 0 atom stereocenters. The highest BCUT2D eigenvalue weighted by Gasteiger charge is 2.02. The summed E-state index contributed by atoms with van der Waals surface area (Å²) in [5.74, 6) is -0.490. The molecule has 0 saturated carbocycles. The number of benzene rings is 2. The summed E-state index contributed by atoms with van der Waals surface area (Å²) in [6.45, 7) is 2.25. The molecule has 0 fully saturated rings. The molecule has 2 aromatic carbocycles. The zero-order valence-corrected chi connectivity index (χ0v) is 11.3. The molecule has 4 heteroatoms. The van der Waals surface area contributed by atoms with Crippen LogP contribution in [0.2, 0.25) is 0 Å². The van der Waals surface area contributed by atoms with Crippen molar-refractivity contribution in [3.8, 4) is 0 Å². The minimum Gasteiger partial charge on any atom is -0.376 e. The molecule has 0 bridgehead atoms. The van der Waals surface area contributed by atoms with Crippen LogP contribution in [0, 0.1) is 5.82 Å². The van der Waals surface area contributed by atoms with Crippen LogP contribution in [0.1, 0.15) is 12.5 Å². The second-order valence-corrected chi connectivity index (χ2v) is 4.46. The van der Waals surface area contributed by atoms with Gasteiger partial charge in [0.1, 0.15) is 5.82 Å². The second-order valence-electron chi connectivity index (χ2n) is 4.46. The SMILES string of the molecule is CCc1cccc(NCC(=O)Nc2ccc(F)cc2)c1. The molecule has 0 spiro atoms. The lowest BCUT2D eigenvalue weighted by atomic mass is 10.1. The van der Waals surface area contributed by atoms with Crippen LogP contribution < -0.4 is 10.6 Å². The standard InChI is InChI=1S/C16H17FN2O/c1-2-12-4-3-5-15(10-12)18-11-16(20)19-14-8-6-13(17)7-9-14/h3-10,18H,2,11H2,1H3,(H,19,20). The molecule has 2 rings (SSSR count). The largest absolute Gasteiger partial charge is 0.376 e. The number of hydrogen-bond donors (Lipinski definition) is 2. The summed E-state index contributed by atoms with van der Waals surface area (Å²) in [7, 11) is 0. The number of aryl methyl sites for hydroxylation is 1. The van der Waals surface area contributed by atoms with Crippen molar-refractivity contribution in [3.63, 3.8) is 0 Å². The van der Waals surface area contributed by atoms with E-state index >= 15 is 0 Å². The first-order chi connectivity index (χ1) is 9.67. The van der Waals surface area contributed by atoms with Crippen molar-refractivity contribution in [2.45, 2.75) is 13.3 Å². The second kappa shape index (κ2) is 6.70. The Kier molecular flexibility index (Phi) is 4.71. The van der Waals surface area contributed by atoms with E-state index in [2.05, 4.69) is 17.6 Å². The zero-order chi connectivity index (χ0) is 14.4. The van der Waals surface area contributed by atoms with E-state index in [1.165, 1.54) is 29.8 Å². The fourth-order valence-electron chi connectivity index (χ4n) is 1.82. The molecule has 0 aromatic heterocycles. The van der Waals surface area contributed by atoms with E-state index in [0.29, 0.717) is 5.69 Å². The van der Waals surface area contributed by atoms with Gasteiger partial charge >= 0.3 is 0 Å². The van der Waals surface area contributed by atoms with Crippen LogP contribution >= 0.6 is 0 Å². The highest BCUT2D eigenvalue weighted by atomic mass is 19.1. The fraction of sp³-hybridized carbons (Fsp3) is 0.188. The zero-order valence-electron chi connectivity index (χ0n) is 11.3. The maximum Gasteiger partial charge on any atom is 0.243 e. The van der Waals surface area contributed by atoms with Gasteiger partial charge in [0.05, 0.1) is 6.54 Å². The van der Waals surface area contributed by atoms with Gasteiger partial charge in [-0.1, -0.05) is 19.1 Å². The van der Waals surface area contributed by atoms with Crippen LogP contribution in [-0.4, -0.2) is 12.5 Å². The van der Waals surface area contributed by atoms with Gasteiger partial charge in [0.2, 0.25) is 5.91 Å². The van der Waals surface area contributed by atoms with Crippen molar-refractivity contribution in [1.29, 1.82) is 0 Å². The molecule has 1 amide bonds. The smallest absolute Gasteiger partial charge is 0.243 e. The van der Waals surface area contributed by atoms with Crippen LogP contribution in [0.3, 0.4) is 0 Å². The highest BCUT2D eigenvalue weighted by molar-refractivity contribution is 5.93. The Bertz CT molecular complexity index is 581. The third-order valence-electron chi connectivity index (χ3n) is 2.92. The van der Waals surface area contributed by atoms with Gasteiger partial charge in [-0.25, -0.2) is 4.39 Å². The number of amides is 1. The summed E-state index contributed by atoms with van der Waals surface area (Å²) in [6.07, 6.45) is 0.956. The molecule has 0 aliphatic carbocycles. The quantitative estimate of drug-likeness (QED) is 0.875. The molecular formula is C16H17FN2O. The first-order valence-electron chi connectivity index (χ1n) is 6.55. The predicted molar refractivity (Wildman–Crippen MR) is 79.3 cm³/mol. The van der Waals surface area contributed by atoms with Crippen LogP contribution in [0.5, 0.6) is 0 Å². The number of hydrogen-bond acceptors (Lipinski definition) is 2. The molecule has 0 aliphatic heterocycles. The van der Waals surface area contributed by atoms with E-state index in [1.807, 2.05) is 24.3 Å². The van der Waals surface area contributed by atoms with Crippen molar-refractivity contribution >= 4 is 17.3 Å². The molecule has 3 nitrogen and oxygen atoms in total. The van der Waals surface area contributed by atoms with Crippen molar-refractivity contribution in [2.24, 2.45) is 0 Å². The number of nitrogens with one attached hydrogen (secondary N) is 2. The van der Waals surface area contributed by atoms with Gasteiger partial charge in [-0.15, -0.1) is 0 Å². The molecule has 0 unspecified atom stereocenters. The lowest BCUT2D eigenvalue weighted by Crippen LogP contribution is -2.21. The van der Waals surface area contributed by atoms with E-state index in [4.69, 9.17) is 0 Å².